The van der Waals surface area contributed by atoms with Crippen LogP contribution in [0.15, 0.2) is 30.6 Å². The Kier molecular flexibility index (Phi) is 6.41. The van der Waals surface area contributed by atoms with Gasteiger partial charge in [0.1, 0.15) is 29.1 Å². The molecule has 1 aromatic carbocycles. The second kappa shape index (κ2) is 8.33. The van der Waals surface area contributed by atoms with Crippen molar-refractivity contribution < 1.29 is 22.3 Å². The minimum Gasteiger partial charge on any atom is -0.484 e. The summed E-state index contributed by atoms with van der Waals surface area (Å²) < 4.78 is 54.2. The number of benzene rings is 1. The summed E-state index contributed by atoms with van der Waals surface area (Å²) in [4.78, 5) is 7.76. The Hall–Kier alpha value is -2.09. The molecule has 0 fully saturated rings. The van der Waals surface area contributed by atoms with Crippen LogP contribution in [0.5, 0.6) is 5.75 Å². The van der Waals surface area contributed by atoms with Crippen LogP contribution in [-0.4, -0.2) is 29.3 Å². The Morgan fingerprint density at radius 1 is 1.20 bits per heavy atom. The minimum absolute atomic E-state index is 0.116. The molecule has 1 aromatic heterocycles. The molecule has 25 heavy (non-hydrogen) atoms. The summed E-state index contributed by atoms with van der Waals surface area (Å²) in [7, 11) is 0. The first-order chi connectivity index (χ1) is 11.8. The maximum atomic E-state index is 13.4. The van der Waals surface area contributed by atoms with Crippen molar-refractivity contribution in [2.24, 2.45) is 0 Å². The molecule has 1 unspecified atom stereocenters. The maximum absolute atomic E-state index is 13.4. The second-order valence-corrected chi connectivity index (χ2v) is 5.64. The third-order valence-corrected chi connectivity index (χ3v) is 3.60. The third-order valence-electron chi connectivity index (χ3n) is 3.23. The van der Waals surface area contributed by atoms with Crippen LogP contribution in [0.4, 0.5) is 23.4 Å². The van der Waals surface area contributed by atoms with Gasteiger partial charge in [0.15, 0.2) is 6.61 Å². The van der Waals surface area contributed by atoms with Gasteiger partial charge in [-0.25, -0.2) is 14.4 Å². The summed E-state index contributed by atoms with van der Waals surface area (Å²) in [5, 5.41) is 3.12. The molecule has 0 aliphatic carbocycles. The number of rotatable bonds is 7. The van der Waals surface area contributed by atoms with Gasteiger partial charge in [-0.05, 0) is 31.0 Å². The van der Waals surface area contributed by atoms with Crippen molar-refractivity contribution in [3.8, 4) is 5.75 Å². The monoisotopic (exact) mass is 377 g/mol. The van der Waals surface area contributed by atoms with Crippen molar-refractivity contribution >= 4 is 17.4 Å². The van der Waals surface area contributed by atoms with Gasteiger partial charge in [-0.2, -0.15) is 13.2 Å². The Morgan fingerprint density at radius 2 is 1.88 bits per heavy atom. The number of hydrogen-bond acceptors (Lipinski definition) is 4. The van der Waals surface area contributed by atoms with E-state index in [0.717, 1.165) is 5.56 Å². The number of hydrogen-bond donors (Lipinski definition) is 1. The number of nitrogens with one attached hydrogen (secondary N) is 1. The minimum atomic E-state index is -4.37. The predicted molar refractivity (Wildman–Crippen MR) is 86.8 cm³/mol. The van der Waals surface area contributed by atoms with Crippen molar-refractivity contribution in [3.63, 3.8) is 0 Å². The smallest absolute Gasteiger partial charge is 0.422 e. The first-order valence-corrected chi connectivity index (χ1v) is 7.81. The van der Waals surface area contributed by atoms with Gasteiger partial charge in [0.25, 0.3) is 0 Å². The average Bonchev–Trinajstić information content (AvgIpc) is 2.54. The molecular weight excluding hydrogens is 362 g/mol. The van der Waals surface area contributed by atoms with Crippen molar-refractivity contribution in [2.45, 2.75) is 25.7 Å². The number of nitrogens with zero attached hydrogens (tertiary/aromatic N) is 2. The normalized spacial score (nSPS) is 12.7. The molecule has 0 aliphatic rings. The van der Waals surface area contributed by atoms with Gasteiger partial charge in [-0.3, -0.25) is 0 Å². The highest BCUT2D eigenvalue weighted by Gasteiger charge is 2.28. The van der Waals surface area contributed by atoms with Gasteiger partial charge in [-0.1, -0.05) is 23.7 Å². The van der Waals surface area contributed by atoms with Gasteiger partial charge in [0.2, 0.25) is 0 Å². The lowest BCUT2D eigenvalue weighted by Gasteiger charge is -2.11. The molecule has 1 atom stereocenters. The molecule has 4 nitrogen and oxygen atoms in total. The Morgan fingerprint density at radius 3 is 2.48 bits per heavy atom. The summed E-state index contributed by atoms with van der Waals surface area (Å²) >= 11 is 6.04. The lowest BCUT2D eigenvalue weighted by molar-refractivity contribution is -0.153. The average molecular weight is 378 g/mol. The van der Waals surface area contributed by atoms with Crippen molar-refractivity contribution in [1.82, 2.24) is 9.97 Å². The number of aromatic nitrogens is 2. The standard InChI is InChI=1S/C16H16ClF4N3O/c1-10(18)14-13(17)15(24-9-23-14)22-7-6-11-2-4-12(5-3-11)25-8-16(19,20)21/h2-5,9-10H,6-8H2,1H3,(H,22,23,24). The highest BCUT2D eigenvalue weighted by molar-refractivity contribution is 6.33. The largest absolute Gasteiger partial charge is 0.484 e. The topological polar surface area (TPSA) is 47.0 Å². The van der Waals surface area contributed by atoms with Crippen LogP contribution in [0.3, 0.4) is 0 Å². The first-order valence-electron chi connectivity index (χ1n) is 7.43. The van der Waals surface area contributed by atoms with Gasteiger partial charge < -0.3 is 10.1 Å². The van der Waals surface area contributed by atoms with E-state index < -0.39 is 19.0 Å². The summed E-state index contributed by atoms with van der Waals surface area (Å²) in [6.45, 7) is 0.468. The van der Waals surface area contributed by atoms with Crippen molar-refractivity contribution in [1.29, 1.82) is 0 Å². The van der Waals surface area contributed by atoms with Crippen LogP contribution in [0, 0.1) is 0 Å². The van der Waals surface area contributed by atoms with Crippen molar-refractivity contribution in [2.75, 3.05) is 18.5 Å². The molecule has 9 heteroatoms. The number of anilines is 1. The molecule has 0 aliphatic heterocycles. The van der Waals surface area contributed by atoms with Gasteiger partial charge in [0.05, 0.1) is 5.69 Å². The van der Waals surface area contributed by atoms with E-state index in [9.17, 15) is 17.6 Å². The fourth-order valence-electron chi connectivity index (χ4n) is 2.03. The molecule has 0 spiro atoms. The number of alkyl halides is 4. The molecule has 0 amide bonds. The van der Waals surface area contributed by atoms with Crippen molar-refractivity contribution in [3.05, 3.63) is 46.9 Å². The zero-order chi connectivity index (χ0) is 18.4. The fourth-order valence-corrected chi connectivity index (χ4v) is 2.34. The van der Waals surface area contributed by atoms with Gasteiger partial charge in [0, 0.05) is 6.54 Å². The molecule has 0 saturated carbocycles. The quantitative estimate of drug-likeness (QED) is 0.707. The van der Waals surface area contributed by atoms with E-state index in [2.05, 4.69) is 20.0 Å². The Labute approximate surface area is 147 Å². The van der Waals surface area contributed by atoms with E-state index in [1.165, 1.54) is 25.4 Å². The Bertz CT molecular complexity index is 693. The molecule has 0 radical (unpaired) electrons. The van der Waals surface area contributed by atoms with Crippen LogP contribution in [0.1, 0.15) is 24.4 Å². The SMILES string of the molecule is CC(F)c1ncnc(NCCc2ccc(OCC(F)(F)F)cc2)c1Cl. The predicted octanol–water partition coefficient (Wildman–Crippen LogP) is 4.76. The van der Waals surface area contributed by atoms with E-state index in [1.54, 1.807) is 12.1 Å². The lowest BCUT2D eigenvalue weighted by atomic mass is 10.1. The molecule has 0 bridgehead atoms. The number of ether oxygens (including phenoxy) is 1. The number of halogens is 5. The lowest BCUT2D eigenvalue weighted by Crippen LogP contribution is -2.19. The van der Waals surface area contributed by atoms with E-state index in [4.69, 9.17) is 11.6 Å². The first kappa shape index (κ1) is 19.2. The van der Waals surface area contributed by atoms with E-state index in [-0.39, 0.29) is 16.5 Å². The van der Waals surface area contributed by atoms with Gasteiger partial charge >= 0.3 is 6.18 Å². The Balaban J connectivity index is 1.87. The van der Waals surface area contributed by atoms with E-state index in [1.807, 2.05) is 0 Å². The summed E-state index contributed by atoms with van der Waals surface area (Å²) in [6, 6.07) is 6.29. The van der Waals surface area contributed by atoms with Crippen LogP contribution in [-0.2, 0) is 6.42 Å². The zero-order valence-corrected chi connectivity index (χ0v) is 14.0. The van der Waals surface area contributed by atoms with E-state index in [0.29, 0.717) is 18.8 Å². The second-order valence-electron chi connectivity index (χ2n) is 5.26. The molecule has 2 aromatic rings. The zero-order valence-electron chi connectivity index (χ0n) is 13.3. The maximum Gasteiger partial charge on any atom is 0.422 e. The fraction of sp³-hybridized carbons (Fsp3) is 0.375. The summed E-state index contributed by atoms with van der Waals surface area (Å²) in [6.07, 6.45) is -3.87. The van der Waals surface area contributed by atoms with Crippen LogP contribution in [0.2, 0.25) is 5.02 Å². The molecule has 2 rings (SSSR count). The highest BCUT2D eigenvalue weighted by Crippen LogP contribution is 2.28. The molecule has 0 saturated heterocycles. The highest BCUT2D eigenvalue weighted by atomic mass is 35.5. The van der Waals surface area contributed by atoms with Crippen LogP contribution in [0.25, 0.3) is 0 Å². The van der Waals surface area contributed by atoms with E-state index >= 15 is 0 Å². The molecule has 136 valence electrons. The molecular formula is C16H16ClF4N3O. The summed E-state index contributed by atoms with van der Waals surface area (Å²) in [5.41, 5.74) is 1.00. The third kappa shape index (κ3) is 6.04. The van der Waals surface area contributed by atoms with Gasteiger partial charge in [-0.15, -0.1) is 0 Å². The summed E-state index contributed by atoms with van der Waals surface area (Å²) in [5.74, 6) is 0.482. The van der Waals surface area contributed by atoms with Crippen LogP contribution < -0.4 is 10.1 Å². The molecule has 1 N–H and O–H groups in total. The molecule has 1 heterocycles. The van der Waals surface area contributed by atoms with Crippen LogP contribution >= 0.6 is 11.6 Å².